The van der Waals surface area contributed by atoms with Crippen LogP contribution in [-0.2, 0) is 0 Å². The molecular weight excluding hydrogens is 408 g/mol. The van der Waals surface area contributed by atoms with E-state index in [2.05, 4.69) is 21.7 Å². The van der Waals surface area contributed by atoms with E-state index in [1.165, 1.54) is 17.4 Å². The Hall–Kier alpha value is -3.13. The summed E-state index contributed by atoms with van der Waals surface area (Å²) >= 11 is 1.30. The first-order chi connectivity index (χ1) is 14.3. The minimum absolute atomic E-state index is 0.0279. The van der Waals surface area contributed by atoms with Crippen molar-refractivity contribution in [2.75, 3.05) is 13.1 Å². The summed E-state index contributed by atoms with van der Waals surface area (Å²) in [7, 11) is 0. The molecular formula is C22H21F2N3O2S. The van der Waals surface area contributed by atoms with E-state index in [0.717, 1.165) is 33.8 Å². The molecule has 0 spiro atoms. The number of amides is 2. The molecule has 2 N–H and O–H groups in total. The lowest BCUT2D eigenvalue weighted by molar-refractivity contribution is 0.0924. The molecule has 0 bridgehead atoms. The minimum atomic E-state index is -0.934. The summed E-state index contributed by atoms with van der Waals surface area (Å²) in [6.07, 6.45) is 0. The molecule has 1 heterocycles. The first-order valence-electron chi connectivity index (χ1n) is 9.33. The molecule has 0 saturated heterocycles. The highest BCUT2D eigenvalue weighted by Gasteiger charge is 2.18. The normalized spacial score (nSPS) is 10.7. The molecule has 2 aromatic carbocycles. The molecule has 30 heavy (non-hydrogen) atoms. The zero-order valence-electron chi connectivity index (χ0n) is 16.8. The van der Waals surface area contributed by atoms with Crippen LogP contribution < -0.4 is 10.6 Å². The fraction of sp³-hybridized carbons (Fsp3) is 0.227. The van der Waals surface area contributed by atoms with Crippen molar-refractivity contribution in [3.8, 4) is 10.6 Å². The second kappa shape index (κ2) is 9.13. The third-order valence-corrected chi connectivity index (χ3v) is 5.69. The number of halogens is 2. The molecule has 0 saturated carbocycles. The highest BCUT2D eigenvalue weighted by atomic mass is 32.1. The van der Waals surface area contributed by atoms with Crippen molar-refractivity contribution in [2.45, 2.75) is 20.8 Å². The van der Waals surface area contributed by atoms with Crippen molar-refractivity contribution in [3.05, 3.63) is 75.3 Å². The monoisotopic (exact) mass is 429 g/mol. The molecule has 0 atom stereocenters. The summed E-state index contributed by atoms with van der Waals surface area (Å²) < 4.78 is 27.2. The molecule has 0 radical (unpaired) electrons. The predicted molar refractivity (Wildman–Crippen MR) is 113 cm³/mol. The number of thiazole rings is 1. The smallest absolute Gasteiger partial charge is 0.263 e. The van der Waals surface area contributed by atoms with Gasteiger partial charge in [-0.05, 0) is 38.5 Å². The van der Waals surface area contributed by atoms with Crippen molar-refractivity contribution < 1.29 is 18.4 Å². The van der Waals surface area contributed by atoms with Crippen molar-refractivity contribution >= 4 is 23.2 Å². The van der Waals surface area contributed by atoms with Crippen LogP contribution in [0.4, 0.5) is 8.78 Å². The molecule has 156 valence electrons. The van der Waals surface area contributed by atoms with Crippen molar-refractivity contribution in [3.63, 3.8) is 0 Å². The Balaban J connectivity index is 1.59. The largest absolute Gasteiger partial charge is 0.350 e. The zero-order chi connectivity index (χ0) is 21.8. The van der Waals surface area contributed by atoms with E-state index in [9.17, 15) is 18.4 Å². The van der Waals surface area contributed by atoms with Gasteiger partial charge in [-0.15, -0.1) is 11.3 Å². The average Bonchev–Trinajstić information content (AvgIpc) is 3.06. The van der Waals surface area contributed by atoms with Gasteiger partial charge in [-0.3, -0.25) is 9.59 Å². The second-order valence-corrected chi connectivity index (χ2v) is 7.86. The molecule has 1 aromatic heterocycles. The van der Waals surface area contributed by atoms with Crippen LogP contribution in [0.1, 0.15) is 36.9 Å². The number of aromatic nitrogens is 1. The van der Waals surface area contributed by atoms with Crippen LogP contribution in [0.15, 0.2) is 36.4 Å². The van der Waals surface area contributed by atoms with E-state index in [1.54, 1.807) is 6.92 Å². The maximum absolute atomic E-state index is 13.6. The Morgan fingerprint density at radius 1 is 0.967 bits per heavy atom. The molecule has 8 heteroatoms. The number of nitrogens with one attached hydrogen (secondary N) is 2. The van der Waals surface area contributed by atoms with E-state index in [-0.39, 0.29) is 19.0 Å². The number of hydrogen-bond acceptors (Lipinski definition) is 4. The number of rotatable bonds is 6. The average molecular weight is 429 g/mol. The number of carbonyl (C=O) groups excluding carboxylic acids is 2. The Bertz CT molecular complexity index is 1090. The predicted octanol–water partition coefficient (Wildman–Crippen LogP) is 4.17. The SMILES string of the molecule is Cc1ccc(-c2nc(C)c(C(=O)NCCNC(=O)c3c(F)cccc3F)s2)c(C)c1. The quantitative estimate of drug-likeness (QED) is 0.578. The van der Waals surface area contributed by atoms with Crippen LogP contribution in [-0.4, -0.2) is 29.9 Å². The number of benzene rings is 2. The van der Waals surface area contributed by atoms with E-state index in [1.807, 2.05) is 26.0 Å². The Labute approximate surface area is 177 Å². The van der Waals surface area contributed by atoms with Gasteiger partial charge >= 0.3 is 0 Å². The van der Waals surface area contributed by atoms with E-state index < -0.39 is 23.1 Å². The lowest BCUT2D eigenvalue weighted by Crippen LogP contribution is -2.35. The van der Waals surface area contributed by atoms with Gasteiger partial charge < -0.3 is 10.6 Å². The standard InChI is InChI=1S/C22H21F2N3O2S/c1-12-7-8-15(13(2)11-12)22-27-14(3)19(30-22)21(29)26-10-9-25-20(28)18-16(23)5-4-6-17(18)24/h4-8,11H,9-10H2,1-3H3,(H,25,28)(H,26,29). The third-order valence-electron chi connectivity index (χ3n) is 4.50. The summed E-state index contributed by atoms with van der Waals surface area (Å²) in [5.41, 5.74) is 3.19. The molecule has 0 fully saturated rings. The van der Waals surface area contributed by atoms with Gasteiger partial charge in [0.25, 0.3) is 11.8 Å². The van der Waals surface area contributed by atoms with Gasteiger partial charge in [0.15, 0.2) is 0 Å². The summed E-state index contributed by atoms with van der Waals surface area (Å²) in [6, 6.07) is 9.26. The van der Waals surface area contributed by atoms with Crippen LogP contribution >= 0.6 is 11.3 Å². The first kappa shape index (κ1) is 21.6. The van der Waals surface area contributed by atoms with Gasteiger partial charge in [0.2, 0.25) is 0 Å². The number of carbonyl (C=O) groups is 2. The topological polar surface area (TPSA) is 71.1 Å². The zero-order valence-corrected chi connectivity index (χ0v) is 17.6. The summed E-state index contributed by atoms with van der Waals surface area (Å²) in [4.78, 5) is 29.5. The maximum atomic E-state index is 13.6. The molecule has 0 aliphatic carbocycles. The van der Waals surface area contributed by atoms with Crippen LogP contribution in [0.2, 0.25) is 0 Å². The van der Waals surface area contributed by atoms with Gasteiger partial charge in [-0.25, -0.2) is 13.8 Å². The van der Waals surface area contributed by atoms with Crippen molar-refractivity contribution in [1.82, 2.24) is 15.6 Å². The van der Waals surface area contributed by atoms with Gasteiger partial charge in [-0.2, -0.15) is 0 Å². The minimum Gasteiger partial charge on any atom is -0.350 e. The molecule has 3 rings (SSSR count). The molecule has 0 aliphatic rings. The number of hydrogen-bond donors (Lipinski definition) is 2. The Morgan fingerprint density at radius 2 is 1.60 bits per heavy atom. The molecule has 2 amide bonds. The summed E-state index contributed by atoms with van der Waals surface area (Å²) in [5, 5.41) is 5.86. The fourth-order valence-electron chi connectivity index (χ4n) is 3.01. The summed E-state index contributed by atoms with van der Waals surface area (Å²) in [5.74, 6) is -3.05. The highest BCUT2D eigenvalue weighted by Crippen LogP contribution is 2.30. The highest BCUT2D eigenvalue weighted by molar-refractivity contribution is 7.17. The van der Waals surface area contributed by atoms with Crippen LogP contribution in [0.5, 0.6) is 0 Å². The number of aryl methyl sites for hydroxylation is 3. The Morgan fingerprint density at radius 3 is 2.23 bits per heavy atom. The van der Waals surface area contributed by atoms with Crippen molar-refractivity contribution in [1.29, 1.82) is 0 Å². The van der Waals surface area contributed by atoms with Crippen molar-refractivity contribution in [2.24, 2.45) is 0 Å². The van der Waals surface area contributed by atoms with Gasteiger partial charge in [0.05, 0.1) is 5.69 Å². The Kier molecular flexibility index (Phi) is 6.56. The van der Waals surface area contributed by atoms with Crippen LogP contribution in [0.3, 0.4) is 0 Å². The maximum Gasteiger partial charge on any atom is 0.263 e. The van der Waals surface area contributed by atoms with E-state index in [0.29, 0.717) is 10.6 Å². The van der Waals surface area contributed by atoms with Gasteiger partial charge in [0, 0.05) is 18.7 Å². The third kappa shape index (κ3) is 4.71. The lowest BCUT2D eigenvalue weighted by atomic mass is 10.1. The van der Waals surface area contributed by atoms with Crippen LogP contribution in [0.25, 0.3) is 10.6 Å². The van der Waals surface area contributed by atoms with Gasteiger partial charge in [0.1, 0.15) is 27.1 Å². The molecule has 3 aromatic rings. The summed E-state index contributed by atoms with van der Waals surface area (Å²) in [6.45, 7) is 5.92. The number of nitrogens with zero attached hydrogens (tertiary/aromatic N) is 1. The van der Waals surface area contributed by atoms with Crippen LogP contribution in [0, 0.1) is 32.4 Å². The molecule has 0 unspecified atom stereocenters. The lowest BCUT2D eigenvalue weighted by Gasteiger charge is -2.08. The molecule has 5 nitrogen and oxygen atoms in total. The second-order valence-electron chi connectivity index (χ2n) is 6.86. The van der Waals surface area contributed by atoms with E-state index >= 15 is 0 Å². The van der Waals surface area contributed by atoms with Gasteiger partial charge in [-0.1, -0.05) is 29.8 Å². The first-order valence-corrected chi connectivity index (χ1v) is 10.1. The molecule has 0 aliphatic heterocycles. The van der Waals surface area contributed by atoms with E-state index in [4.69, 9.17) is 0 Å². The fourth-order valence-corrected chi connectivity index (χ4v) is 4.08.